The molecule has 1 aliphatic rings. The van der Waals surface area contributed by atoms with Gasteiger partial charge in [0, 0.05) is 5.41 Å². The maximum atomic E-state index is 12.2. The Morgan fingerprint density at radius 1 is 0.500 bits per heavy atom. The molecule has 1 saturated carbocycles. The van der Waals surface area contributed by atoms with Gasteiger partial charge in [-0.2, -0.15) is 0 Å². The summed E-state index contributed by atoms with van der Waals surface area (Å²) in [6, 6.07) is 32.8. The summed E-state index contributed by atoms with van der Waals surface area (Å²) in [5.74, 6) is -0.189. The molecule has 4 aromatic rings. The van der Waals surface area contributed by atoms with Gasteiger partial charge in [0.15, 0.2) is 11.5 Å². The minimum absolute atomic E-state index is 0.156. The van der Waals surface area contributed by atoms with Crippen molar-refractivity contribution in [2.75, 3.05) is 0 Å². The van der Waals surface area contributed by atoms with E-state index in [1.807, 2.05) is 60.7 Å². The first-order valence-corrected chi connectivity index (χ1v) is 12.7. The Kier molecular flexibility index (Phi) is 7.69. The van der Waals surface area contributed by atoms with Crippen molar-refractivity contribution in [1.29, 1.82) is 0 Å². The molecular formula is C32H28O6. The van der Waals surface area contributed by atoms with Crippen molar-refractivity contribution in [3.05, 3.63) is 131 Å². The lowest BCUT2D eigenvalue weighted by Gasteiger charge is -2.38. The lowest BCUT2D eigenvalue weighted by Crippen LogP contribution is -2.30. The van der Waals surface area contributed by atoms with Crippen LogP contribution in [0.1, 0.15) is 63.9 Å². The van der Waals surface area contributed by atoms with Gasteiger partial charge in [-0.15, -0.1) is 0 Å². The predicted molar refractivity (Wildman–Crippen MR) is 142 cm³/mol. The largest absolute Gasteiger partial charge is 0.386 e. The van der Waals surface area contributed by atoms with Crippen LogP contribution >= 0.6 is 0 Å². The summed E-state index contributed by atoms with van der Waals surface area (Å²) in [5.41, 5.74) is 3.03. The normalized spacial score (nSPS) is 14.2. The zero-order valence-corrected chi connectivity index (χ0v) is 20.9. The lowest BCUT2D eigenvalue weighted by molar-refractivity contribution is -0.149. The molecule has 5 rings (SSSR count). The van der Waals surface area contributed by atoms with Gasteiger partial charge in [0.25, 0.3) is 0 Å². The van der Waals surface area contributed by atoms with E-state index in [1.54, 1.807) is 48.5 Å². The molecular weight excluding hydrogens is 480 g/mol. The van der Waals surface area contributed by atoms with E-state index in [9.17, 15) is 9.59 Å². The van der Waals surface area contributed by atoms with Crippen LogP contribution in [0.4, 0.5) is 0 Å². The quantitative estimate of drug-likeness (QED) is 0.185. The first kappa shape index (κ1) is 25.1. The Labute approximate surface area is 221 Å². The van der Waals surface area contributed by atoms with E-state index in [0.717, 1.165) is 25.7 Å². The molecule has 0 N–H and O–H groups in total. The van der Waals surface area contributed by atoms with Crippen LogP contribution in [0, 0.1) is 0 Å². The number of benzene rings is 4. The molecule has 0 amide bonds. The Morgan fingerprint density at radius 3 is 1.29 bits per heavy atom. The molecule has 0 bridgehead atoms. The third-order valence-corrected chi connectivity index (χ3v) is 6.97. The highest BCUT2D eigenvalue weighted by molar-refractivity contribution is 5.89. The molecule has 0 unspecified atom stereocenters. The second-order valence-electron chi connectivity index (χ2n) is 9.33. The van der Waals surface area contributed by atoms with Crippen LogP contribution in [-0.4, -0.2) is 11.9 Å². The molecule has 1 fully saturated rings. The van der Waals surface area contributed by atoms with Crippen LogP contribution < -0.4 is 9.78 Å². The lowest BCUT2D eigenvalue weighted by atomic mass is 9.65. The number of carbonyl (C=O) groups is 2. The highest BCUT2D eigenvalue weighted by atomic mass is 17.2. The maximum absolute atomic E-state index is 12.2. The summed E-state index contributed by atoms with van der Waals surface area (Å²) in [5, 5.41) is 0. The average Bonchev–Trinajstić information content (AvgIpc) is 3.00. The van der Waals surface area contributed by atoms with E-state index >= 15 is 0 Å². The summed E-state index contributed by atoms with van der Waals surface area (Å²) in [6.45, 7) is 0. The standard InChI is InChI=1S/C32H28O6/c33-30(24-10-4-1-5-11-24)37-35-28-18-14-26(15-19-28)32(22-8-3-9-23-32)27-16-20-29(21-17-27)36-38-31(34)25-12-6-2-7-13-25/h1-2,4-7,10-21H,3,8-9,22-23H2. The number of hydrogen-bond acceptors (Lipinski definition) is 6. The van der Waals surface area contributed by atoms with E-state index in [1.165, 1.54) is 17.5 Å². The van der Waals surface area contributed by atoms with E-state index in [-0.39, 0.29) is 5.41 Å². The predicted octanol–water partition coefficient (Wildman–Crippen LogP) is 7.24. The molecule has 0 heterocycles. The molecule has 0 atom stereocenters. The maximum Gasteiger partial charge on any atom is 0.386 e. The number of rotatable bonds is 8. The minimum Gasteiger partial charge on any atom is -0.287 e. The molecule has 0 saturated heterocycles. The Bertz CT molecular complexity index is 1240. The van der Waals surface area contributed by atoms with Crippen molar-refractivity contribution in [3.63, 3.8) is 0 Å². The Balaban J connectivity index is 1.27. The van der Waals surface area contributed by atoms with E-state index < -0.39 is 11.9 Å². The fourth-order valence-electron chi connectivity index (χ4n) is 4.98. The third kappa shape index (κ3) is 5.70. The number of hydrogen-bond donors (Lipinski definition) is 0. The van der Waals surface area contributed by atoms with Gasteiger partial charge in [0.1, 0.15) is 0 Å². The second-order valence-corrected chi connectivity index (χ2v) is 9.33. The van der Waals surface area contributed by atoms with Gasteiger partial charge in [0.2, 0.25) is 0 Å². The van der Waals surface area contributed by atoms with Crippen molar-refractivity contribution in [2.45, 2.75) is 37.5 Å². The zero-order chi connectivity index (χ0) is 26.2. The van der Waals surface area contributed by atoms with Crippen LogP contribution in [0.3, 0.4) is 0 Å². The van der Waals surface area contributed by atoms with Crippen LogP contribution in [0.25, 0.3) is 0 Å². The Morgan fingerprint density at radius 2 is 0.895 bits per heavy atom. The molecule has 1 aliphatic carbocycles. The Hall–Kier alpha value is -4.58. The van der Waals surface area contributed by atoms with Crippen LogP contribution in [-0.2, 0) is 15.2 Å². The fraction of sp³-hybridized carbons (Fsp3) is 0.188. The number of carbonyl (C=O) groups excluding carboxylic acids is 2. The van der Waals surface area contributed by atoms with E-state index in [2.05, 4.69) is 0 Å². The molecule has 192 valence electrons. The summed E-state index contributed by atoms with van der Waals surface area (Å²) >= 11 is 0. The van der Waals surface area contributed by atoms with Gasteiger partial charge in [-0.1, -0.05) is 79.9 Å². The fourth-order valence-corrected chi connectivity index (χ4v) is 4.98. The van der Waals surface area contributed by atoms with Crippen molar-refractivity contribution in [2.24, 2.45) is 0 Å². The van der Waals surface area contributed by atoms with E-state index in [4.69, 9.17) is 19.6 Å². The molecule has 0 radical (unpaired) electrons. The summed E-state index contributed by atoms with van der Waals surface area (Å²) in [7, 11) is 0. The van der Waals surface area contributed by atoms with Crippen LogP contribution in [0.2, 0.25) is 0 Å². The zero-order valence-electron chi connectivity index (χ0n) is 20.9. The highest BCUT2D eigenvalue weighted by Crippen LogP contribution is 2.45. The molecule has 38 heavy (non-hydrogen) atoms. The van der Waals surface area contributed by atoms with Gasteiger partial charge in [-0.05, 0) is 72.5 Å². The topological polar surface area (TPSA) is 71.1 Å². The van der Waals surface area contributed by atoms with E-state index in [0.29, 0.717) is 22.6 Å². The SMILES string of the molecule is O=C(OOc1ccc(C2(c3ccc(OOC(=O)c4ccccc4)cc3)CCCCC2)cc1)c1ccccc1. The van der Waals surface area contributed by atoms with Crippen molar-refractivity contribution in [3.8, 4) is 11.5 Å². The summed E-state index contributed by atoms with van der Waals surface area (Å²) < 4.78 is 0. The molecule has 0 spiro atoms. The van der Waals surface area contributed by atoms with Gasteiger partial charge in [-0.25, -0.2) is 19.4 Å². The highest BCUT2D eigenvalue weighted by Gasteiger charge is 2.35. The van der Waals surface area contributed by atoms with Gasteiger partial charge in [0.05, 0.1) is 11.1 Å². The molecule has 4 aromatic carbocycles. The smallest absolute Gasteiger partial charge is 0.287 e. The van der Waals surface area contributed by atoms with Crippen LogP contribution in [0.5, 0.6) is 11.5 Å². The first-order chi connectivity index (χ1) is 18.6. The van der Waals surface area contributed by atoms with Crippen LogP contribution in [0.15, 0.2) is 109 Å². The van der Waals surface area contributed by atoms with Crippen molar-refractivity contribution >= 4 is 11.9 Å². The molecule has 6 heteroatoms. The molecule has 0 aliphatic heterocycles. The third-order valence-electron chi connectivity index (χ3n) is 6.97. The van der Waals surface area contributed by atoms with Gasteiger partial charge in [-0.3, -0.25) is 9.78 Å². The molecule has 0 aromatic heterocycles. The minimum atomic E-state index is -0.546. The summed E-state index contributed by atoms with van der Waals surface area (Å²) in [6.07, 6.45) is 5.48. The van der Waals surface area contributed by atoms with Crippen molar-refractivity contribution in [1.82, 2.24) is 0 Å². The average molecular weight is 509 g/mol. The van der Waals surface area contributed by atoms with Crippen molar-refractivity contribution < 1.29 is 29.1 Å². The first-order valence-electron chi connectivity index (χ1n) is 12.7. The van der Waals surface area contributed by atoms with Gasteiger partial charge < -0.3 is 0 Å². The second kappa shape index (κ2) is 11.6. The summed E-state index contributed by atoms with van der Waals surface area (Å²) in [4.78, 5) is 44.9. The van der Waals surface area contributed by atoms with Gasteiger partial charge >= 0.3 is 11.9 Å². The molecule has 6 nitrogen and oxygen atoms in total. The monoisotopic (exact) mass is 508 g/mol.